The maximum atomic E-state index is 5.31. The summed E-state index contributed by atoms with van der Waals surface area (Å²) in [5, 5.41) is 0. The lowest BCUT2D eigenvalue weighted by molar-refractivity contribution is 0.575. The summed E-state index contributed by atoms with van der Waals surface area (Å²) < 4.78 is 0. The van der Waals surface area contributed by atoms with Gasteiger partial charge in [0.2, 0.25) is 0 Å². The molecule has 0 unspecified atom stereocenters. The first-order valence-corrected chi connectivity index (χ1v) is 3.28. The van der Waals surface area contributed by atoms with E-state index in [1.54, 1.807) is 0 Å². The summed E-state index contributed by atoms with van der Waals surface area (Å²) in [6.07, 6.45) is 4.54. The van der Waals surface area contributed by atoms with Crippen LogP contribution in [0.2, 0.25) is 0 Å². The van der Waals surface area contributed by atoms with Crippen molar-refractivity contribution in [2.24, 2.45) is 11.5 Å². The Kier molecular flexibility index (Phi) is 10.4. The van der Waals surface area contributed by atoms with Crippen molar-refractivity contribution in [3.63, 3.8) is 0 Å². The van der Waals surface area contributed by atoms with E-state index in [2.05, 4.69) is 6.92 Å². The third kappa shape index (κ3) is 11.5. The van der Waals surface area contributed by atoms with Crippen LogP contribution in [0.5, 0.6) is 0 Å². The number of hydrogen-bond acceptors (Lipinski definition) is 2. The Morgan fingerprint density at radius 2 is 1.78 bits per heavy atom. The molecule has 0 spiro atoms. The maximum absolute atomic E-state index is 5.31. The summed E-state index contributed by atoms with van der Waals surface area (Å²) in [5.74, 6) is 0. The van der Waals surface area contributed by atoms with Crippen LogP contribution in [0.4, 0.5) is 0 Å². The number of unbranched alkanes of at least 4 members (excludes halogenated alkanes) is 2. The fraction of sp³-hybridized carbons (Fsp3) is 1.00. The highest BCUT2D eigenvalue weighted by Gasteiger charge is 1.90. The molecule has 53 valence electrons. The summed E-state index contributed by atoms with van der Waals surface area (Å²) in [6, 6.07) is 0. The van der Waals surface area contributed by atoms with Crippen molar-refractivity contribution in [1.82, 2.24) is 0 Å². The van der Waals surface area contributed by atoms with Crippen molar-refractivity contribution in [2.75, 3.05) is 0 Å². The van der Waals surface area contributed by atoms with Gasteiger partial charge in [-0.05, 0) is 6.42 Å². The first kappa shape index (κ1) is 11.7. The molecule has 0 aliphatic rings. The molecular formula is C6H16BN2. The van der Waals surface area contributed by atoms with Gasteiger partial charge < -0.3 is 11.5 Å². The van der Waals surface area contributed by atoms with Gasteiger partial charge in [0, 0.05) is 8.41 Å². The molecule has 3 radical (unpaired) electrons. The maximum Gasteiger partial charge on any atom is 0.0520 e. The minimum atomic E-state index is -0.0958. The van der Waals surface area contributed by atoms with Crippen molar-refractivity contribution in [2.45, 2.75) is 38.8 Å². The van der Waals surface area contributed by atoms with Crippen LogP contribution < -0.4 is 11.5 Å². The lowest BCUT2D eigenvalue weighted by Gasteiger charge is -2.01. The zero-order chi connectivity index (χ0) is 6.41. The molecule has 0 aromatic heterocycles. The fourth-order valence-electron chi connectivity index (χ4n) is 0.630. The monoisotopic (exact) mass is 127 g/mol. The number of rotatable bonds is 4. The van der Waals surface area contributed by atoms with Crippen LogP contribution >= 0.6 is 0 Å². The highest BCUT2D eigenvalue weighted by molar-refractivity contribution is 5.75. The van der Waals surface area contributed by atoms with Gasteiger partial charge in [-0.1, -0.05) is 26.2 Å². The summed E-state index contributed by atoms with van der Waals surface area (Å²) in [6.45, 7) is 2.17. The van der Waals surface area contributed by atoms with Gasteiger partial charge in [0.25, 0.3) is 0 Å². The van der Waals surface area contributed by atoms with E-state index in [1.165, 1.54) is 19.3 Å². The molecule has 0 fully saturated rings. The molecule has 0 aromatic carbocycles. The summed E-state index contributed by atoms with van der Waals surface area (Å²) in [5.41, 5.74) is 10.6. The largest absolute Gasteiger partial charge is 0.316 e. The van der Waals surface area contributed by atoms with E-state index in [4.69, 9.17) is 11.5 Å². The summed E-state index contributed by atoms with van der Waals surface area (Å²) >= 11 is 0. The standard InChI is InChI=1S/C6H16N2.B/c1-2-3-4-5-6(7)8;/h6H,2-5,7-8H2,1H3;. The van der Waals surface area contributed by atoms with E-state index in [1.807, 2.05) is 0 Å². The smallest absolute Gasteiger partial charge is 0.0520 e. The van der Waals surface area contributed by atoms with E-state index in [0.717, 1.165) is 6.42 Å². The molecule has 0 saturated carbocycles. The molecule has 0 bridgehead atoms. The average Bonchev–Trinajstić information content (AvgIpc) is 1.66. The number of nitrogens with two attached hydrogens (primary N) is 2. The molecule has 3 heteroatoms. The van der Waals surface area contributed by atoms with Crippen LogP contribution in [-0.2, 0) is 0 Å². The SMILES string of the molecule is CCCCCC(N)N.[B]. The third-order valence-corrected chi connectivity index (χ3v) is 1.14. The Morgan fingerprint density at radius 3 is 2.11 bits per heavy atom. The molecule has 0 atom stereocenters. The fourth-order valence-corrected chi connectivity index (χ4v) is 0.630. The van der Waals surface area contributed by atoms with Crippen LogP contribution in [0.1, 0.15) is 32.6 Å². The van der Waals surface area contributed by atoms with Crippen molar-refractivity contribution in [3.05, 3.63) is 0 Å². The highest BCUT2D eigenvalue weighted by Crippen LogP contribution is 1.97. The van der Waals surface area contributed by atoms with Crippen LogP contribution in [0.25, 0.3) is 0 Å². The molecule has 0 aliphatic carbocycles. The normalized spacial score (nSPS) is 9.33. The number of hydrogen-bond donors (Lipinski definition) is 2. The Morgan fingerprint density at radius 1 is 1.22 bits per heavy atom. The second-order valence-corrected chi connectivity index (χ2v) is 2.16. The lowest BCUT2D eigenvalue weighted by Crippen LogP contribution is -2.29. The minimum Gasteiger partial charge on any atom is -0.316 e. The van der Waals surface area contributed by atoms with E-state index >= 15 is 0 Å². The molecule has 9 heavy (non-hydrogen) atoms. The van der Waals surface area contributed by atoms with E-state index in [0.29, 0.717) is 0 Å². The summed E-state index contributed by atoms with van der Waals surface area (Å²) in [7, 11) is 0. The lowest BCUT2D eigenvalue weighted by atomic mass is 10.2. The van der Waals surface area contributed by atoms with Gasteiger partial charge in [-0.3, -0.25) is 0 Å². The third-order valence-electron chi connectivity index (χ3n) is 1.14. The molecule has 4 N–H and O–H groups in total. The topological polar surface area (TPSA) is 52.0 Å². The molecule has 2 nitrogen and oxygen atoms in total. The zero-order valence-electron chi connectivity index (χ0n) is 6.14. The van der Waals surface area contributed by atoms with Crippen LogP contribution in [0.15, 0.2) is 0 Å². The summed E-state index contributed by atoms with van der Waals surface area (Å²) in [4.78, 5) is 0. The second-order valence-electron chi connectivity index (χ2n) is 2.16. The Labute approximate surface area is 59.6 Å². The first-order valence-electron chi connectivity index (χ1n) is 3.28. The van der Waals surface area contributed by atoms with E-state index < -0.39 is 0 Å². The quantitative estimate of drug-likeness (QED) is 0.327. The molecule has 0 aromatic rings. The van der Waals surface area contributed by atoms with Crippen molar-refractivity contribution < 1.29 is 0 Å². The Balaban J connectivity index is 0. The van der Waals surface area contributed by atoms with Crippen LogP contribution in [0, 0.1) is 0 Å². The zero-order valence-corrected chi connectivity index (χ0v) is 6.14. The average molecular weight is 127 g/mol. The molecule has 0 heterocycles. The van der Waals surface area contributed by atoms with Crippen LogP contribution in [-0.4, -0.2) is 14.6 Å². The molecule has 0 saturated heterocycles. The van der Waals surface area contributed by atoms with Crippen molar-refractivity contribution >= 4 is 8.41 Å². The van der Waals surface area contributed by atoms with Crippen molar-refractivity contribution in [3.8, 4) is 0 Å². The van der Waals surface area contributed by atoms with Gasteiger partial charge in [-0.15, -0.1) is 0 Å². The molecule has 0 rings (SSSR count). The Hall–Kier alpha value is -0.0151. The van der Waals surface area contributed by atoms with Crippen LogP contribution in [0.3, 0.4) is 0 Å². The van der Waals surface area contributed by atoms with Gasteiger partial charge in [0.1, 0.15) is 0 Å². The highest BCUT2D eigenvalue weighted by atomic mass is 14.8. The second kappa shape index (κ2) is 7.98. The minimum absolute atomic E-state index is 0. The van der Waals surface area contributed by atoms with Crippen molar-refractivity contribution in [1.29, 1.82) is 0 Å². The van der Waals surface area contributed by atoms with Gasteiger partial charge in [0.05, 0.1) is 6.17 Å². The Bertz CT molecular complexity index is 48.3. The van der Waals surface area contributed by atoms with E-state index in [-0.39, 0.29) is 14.6 Å². The van der Waals surface area contributed by atoms with Gasteiger partial charge in [0.15, 0.2) is 0 Å². The first-order chi connectivity index (χ1) is 3.77. The predicted molar refractivity (Wildman–Crippen MR) is 42.1 cm³/mol. The molecule has 0 aliphatic heterocycles. The van der Waals surface area contributed by atoms with Gasteiger partial charge >= 0.3 is 0 Å². The predicted octanol–water partition coefficient (Wildman–Crippen LogP) is 0.429. The molecular weight excluding hydrogens is 111 g/mol. The molecule has 0 amide bonds. The van der Waals surface area contributed by atoms with Gasteiger partial charge in [-0.25, -0.2) is 0 Å². The van der Waals surface area contributed by atoms with Gasteiger partial charge in [-0.2, -0.15) is 0 Å². The van der Waals surface area contributed by atoms with E-state index in [9.17, 15) is 0 Å².